The van der Waals surface area contributed by atoms with Gasteiger partial charge in [0, 0.05) is 6.20 Å². The van der Waals surface area contributed by atoms with E-state index in [2.05, 4.69) is 10.3 Å². The van der Waals surface area contributed by atoms with Crippen LogP contribution in [0.25, 0.3) is 0 Å². The maximum Gasteiger partial charge on any atom is 0.142 e. The van der Waals surface area contributed by atoms with Crippen LogP contribution in [0.2, 0.25) is 5.02 Å². The first-order valence-electron chi connectivity index (χ1n) is 6.75. The van der Waals surface area contributed by atoms with Crippen molar-refractivity contribution in [3.63, 3.8) is 0 Å². The Morgan fingerprint density at radius 3 is 2.57 bits per heavy atom. The summed E-state index contributed by atoms with van der Waals surface area (Å²) in [6.07, 6.45) is 3.47. The number of hydrogen-bond donors (Lipinski definition) is 1. The second-order valence-corrected chi connectivity index (χ2v) is 5.42. The molecule has 1 unspecified atom stereocenters. The molecule has 0 aliphatic heterocycles. The van der Waals surface area contributed by atoms with Crippen molar-refractivity contribution in [2.75, 3.05) is 7.05 Å². The molecule has 21 heavy (non-hydrogen) atoms. The second-order valence-electron chi connectivity index (χ2n) is 5.02. The fourth-order valence-corrected chi connectivity index (χ4v) is 2.27. The number of nitrogens with zero attached hydrogens (tertiary/aromatic N) is 1. The predicted octanol–water partition coefficient (Wildman–Crippen LogP) is 3.97. The van der Waals surface area contributed by atoms with E-state index in [-0.39, 0.29) is 17.2 Å². The summed E-state index contributed by atoms with van der Waals surface area (Å²) in [5.41, 5.74) is 1.68. The number of pyridine rings is 1. The molecule has 0 aliphatic rings. The van der Waals surface area contributed by atoms with Gasteiger partial charge in [0.25, 0.3) is 0 Å². The lowest BCUT2D eigenvalue weighted by atomic mass is 10.00. The lowest BCUT2D eigenvalue weighted by Crippen LogP contribution is -2.18. The molecule has 0 aliphatic carbocycles. The molecule has 0 spiro atoms. The van der Waals surface area contributed by atoms with Crippen LogP contribution in [0.4, 0.5) is 4.39 Å². The van der Waals surface area contributed by atoms with Crippen LogP contribution >= 0.6 is 11.6 Å². The zero-order chi connectivity index (χ0) is 15.4. The number of rotatable bonds is 5. The number of nitrogens with one attached hydrogen (secondary N) is 1. The number of hydrogen-bond acceptors (Lipinski definition) is 3. The molecule has 1 N–H and O–H groups in total. The summed E-state index contributed by atoms with van der Waals surface area (Å²) in [5.74, 6) is 0.258. The van der Waals surface area contributed by atoms with Crippen LogP contribution in [0.3, 0.4) is 0 Å². The summed E-state index contributed by atoms with van der Waals surface area (Å²) in [5, 5.41) is 3.27. The summed E-state index contributed by atoms with van der Waals surface area (Å²) in [6.45, 7) is 3.91. The van der Waals surface area contributed by atoms with Crippen molar-refractivity contribution in [1.82, 2.24) is 10.3 Å². The average molecular weight is 309 g/mol. The smallest absolute Gasteiger partial charge is 0.142 e. The van der Waals surface area contributed by atoms with Gasteiger partial charge in [-0.15, -0.1) is 0 Å². The van der Waals surface area contributed by atoms with E-state index in [4.69, 9.17) is 16.3 Å². The SMILES string of the molecule is CNC(c1cncc(OC(C)C)c1)c1ccc(Cl)c(F)c1. The quantitative estimate of drug-likeness (QED) is 0.907. The van der Waals surface area contributed by atoms with Gasteiger partial charge in [-0.3, -0.25) is 4.98 Å². The standard InChI is InChI=1S/C16H18ClFN2O/c1-10(2)21-13-6-12(8-20-9-13)16(19-3)11-4-5-14(17)15(18)7-11/h4-10,16,19H,1-3H3. The molecule has 2 aromatic rings. The number of aromatic nitrogens is 1. The molecule has 1 heterocycles. The molecular formula is C16H18ClFN2O. The second kappa shape index (κ2) is 6.87. The third kappa shape index (κ3) is 3.93. The highest BCUT2D eigenvalue weighted by Gasteiger charge is 2.15. The first-order valence-corrected chi connectivity index (χ1v) is 7.13. The highest BCUT2D eigenvalue weighted by molar-refractivity contribution is 6.30. The monoisotopic (exact) mass is 308 g/mol. The van der Waals surface area contributed by atoms with E-state index in [0.29, 0.717) is 5.75 Å². The highest BCUT2D eigenvalue weighted by Crippen LogP contribution is 2.27. The van der Waals surface area contributed by atoms with Gasteiger partial charge >= 0.3 is 0 Å². The molecule has 1 aromatic heterocycles. The van der Waals surface area contributed by atoms with Gasteiger partial charge in [-0.1, -0.05) is 17.7 Å². The summed E-state index contributed by atoms with van der Waals surface area (Å²) >= 11 is 5.73. The minimum absolute atomic E-state index is 0.0723. The Morgan fingerprint density at radius 1 is 1.19 bits per heavy atom. The lowest BCUT2D eigenvalue weighted by Gasteiger charge is -2.18. The van der Waals surface area contributed by atoms with E-state index in [9.17, 15) is 4.39 Å². The van der Waals surface area contributed by atoms with Gasteiger partial charge < -0.3 is 10.1 Å². The summed E-state index contributed by atoms with van der Waals surface area (Å²) in [6, 6.07) is 6.50. The summed E-state index contributed by atoms with van der Waals surface area (Å²) < 4.78 is 19.3. The van der Waals surface area contributed by atoms with Crippen molar-refractivity contribution >= 4 is 11.6 Å². The van der Waals surface area contributed by atoms with E-state index in [0.717, 1.165) is 11.1 Å². The molecule has 0 fully saturated rings. The van der Waals surface area contributed by atoms with E-state index in [1.807, 2.05) is 27.0 Å². The topological polar surface area (TPSA) is 34.2 Å². The van der Waals surface area contributed by atoms with E-state index in [1.54, 1.807) is 24.5 Å². The minimum atomic E-state index is -0.433. The number of halogens is 2. The van der Waals surface area contributed by atoms with Crippen LogP contribution in [0, 0.1) is 5.82 Å². The number of benzene rings is 1. The van der Waals surface area contributed by atoms with Crippen LogP contribution in [0.1, 0.15) is 31.0 Å². The average Bonchev–Trinajstić information content (AvgIpc) is 2.43. The molecule has 2 rings (SSSR count). The van der Waals surface area contributed by atoms with Gasteiger partial charge in [0.1, 0.15) is 11.6 Å². The van der Waals surface area contributed by atoms with Gasteiger partial charge in [0.15, 0.2) is 0 Å². The molecule has 0 bridgehead atoms. The lowest BCUT2D eigenvalue weighted by molar-refractivity contribution is 0.241. The first-order chi connectivity index (χ1) is 10.0. The molecule has 1 atom stereocenters. The maximum absolute atomic E-state index is 13.6. The zero-order valence-corrected chi connectivity index (χ0v) is 13.0. The van der Waals surface area contributed by atoms with Crippen molar-refractivity contribution in [1.29, 1.82) is 0 Å². The molecule has 0 amide bonds. The normalized spacial score (nSPS) is 12.5. The van der Waals surface area contributed by atoms with E-state index in [1.165, 1.54) is 6.07 Å². The Balaban J connectivity index is 2.34. The van der Waals surface area contributed by atoms with Crippen molar-refractivity contribution in [3.8, 4) is 5.75 Å². The molecule has 112 valence electrons. The fourth-order valence-electron chi connectivity index (χ4n) is 2.15. The number of ether oxygens (including phenoxy) is 1. The fraction of sp³-hybridized carbons (Fsp3) is 0.312. The van der Waals surface area contributed by atoms with Gasteiger partial charge in [0.05, 0.1) is 23.4 Å². The molecule has 3 nitrogen and oxygen atoms in total. The van der Waals surface area contributed by atoms with Crippen LogP contribution in [0.5, 0.6) is 5.75 Å². The molecule has 0 saturated carbocycles. The van der Waals surface area contributed by atoms with Gasteiger partial charge in [-0.25, -0.2) is 4.39 Å². The largest absolute Gasteiger partial charge is 0.489 e. The molecule has 0 radical (unpaired) electrons. The first kappa shape index (κ1) is 15.7. The Kier molecular flexibility index (Phi) is 5.15. The summed E-state index contributed by atoms with van der Waals surface area (Å²) in [7, 11) is 1.81. The Hall–Kier alpha value is -1.65. The third-order valence-electron chi connectivity index (χ3n) is 3.01. The maximum atomic E-state index is 13.6. The Morgan fingerprint density at radius 2 is 1.95 bits per heavy atom. The molecule has 5 heteroatoms. The Labute approximate surface area is 129 Å². The van der Waals surface area contributed by atoms with Crippen LogP contribution in [-0.4, -0.2) is 18.1 Å². The van der Waals surface area contributed by atoms with Crippen molar-refractivity contribution in [2.45, 2.75) is 26.0 Å². The van der Waals surface area contributed by atoms with Gasteiger partial charge in [-0.2, -0.15) is 0 Å². The van der Waals surface area contributed by atoms with Gasteiger partial charge in [-0.05, 0) is 50.2 Å². The highest BCUT2D eigenvalue weighted by atomic mass is 35.5. The molecule has 0 saturated heterocycles. The summed E-state index contributed by atoms with van der Waals surface area (Å²) in [4.78, 5) is 4.19. The third-order valence-corrected chi connectivity index (χ3v) is 3.31. The molecule has 1 aromatic carbocycles. The van der Waals surface area contributed by atoms with Crippen molar-refractivity contribution in [3.05, 3.63) is 58.6 Å². The zero-order valence-electron chi connectivity index (χ0n) is 12.2. The van der Waals surface area contributed by atoms with Crippen LogP contribution < -0.4 is 10.1 Å². The van der Waals surface area contributed by atoms with Gasteiger partial charge in [0.2, 0.25) is 0 Å². The van der Waals surface area contributed by atoms with Crippen molar-refractivity contribution in [2.24, 2.45) is 0 Å². The van der Waals surface area contributed by atoms with Crippen LogP contribution in [0.15, 0.2) is 36.7 Å². The molecular weight excluding hydrogens is 291 g/mol. The Bertz CT molecular complexity index is 619. The van der Waals surface area contributed by atoms with Crippen molar-refractivity contribution < 1.29 is 9.13 Å². The van der Waals surface area contributed by atoms with Crippen LogP contribution in [-0.2, 0) is 0 Å². The van der Waals surface area contributed by atoms with E-state index < -0.39 is 5.82 Å². The predicted molar refractivity (Wildman–Crippen MR) is 82.3 cm³/mol. The minimum Gasteiger partial charge on any atom is -0.489 e. The van der Waals surface area contributed by atoms with E-state index >= 15 is 0 Å².